The van der Waals surface area contributed by atoms with Crippen LogP contribution >= 0.6 is 23.7 Å². The number of hydrogen-bond donors (Lipinski definition) is 1. The largest absolute Gasteiger partial charge is 0.336 e. The predicted octanol–water partition coefficient (Wildman–Crippen LogP) is 1.35. The topological polar surface area (TPSA) is 93.4 Å². The standard InChI is InChI=1S/C17H19N3O3S2.ClH/c18-13-10-25(22,23)15-8-20(7-12(13)15)17(21)14-9-24-16(19-14)6-11-4-2-1-3-5-11;/h1-5,9,12-13,15H,6-8,10,18H2;1H/t12-,13+,15-;/m0./s1. The molecule has 2 N–H and O–H groups in total. The number of benzene rings is 1. The maximum absolute atomic E-state index is 12.7. The van der Waals surface area contributed by atoms with Gasteiger partial charge in [0.1, 0.15) is 5.69 Å². The molecule has 3 atom stereocenters. The van der Waals surface area contributed by atoms with E-state index in [1.165, 1.54) is 11.3 Å². The third-order valence-electron chi connectivity index (χ3n) is 5.00. The van der Waals surface area contributed by atoms with Crippen LogP contribution < -0.4 is 5.73 Å². The van der Waals surface area contributed by atoms with E-state index in [-0.39, 0.29) is 42.6 Å². The molecule has 0 saturated carbocycles. The number of carbonyl (C=O) groups is 1. The number of fused-ring (bicyclic) bond motifs is 1. The summed E-state index contributed by atoms with van der Waals surface area (Å²) in [6.07, 6.45) is 0.684. The van der Waals surface area contributed by atoms with Gasteiger partial charge in [-0.05, 0) is 5.56 Å². The van der Waals surface area contributed by atoms with Gasteiger partial charge in [-0.2, -0.15) is 0 Å². The van der Waals surface area contributed by atoms with Gasteiger partial charge in [-0.1, -0.05) is 30.3 Å². The lowest BCUT2D eigenvalue weighted by Crippen LogP contribution is -2.35. The van der Waals surface area contributed by atoms with E-state index in [1.807, 2.05) is 30.3 Å². The van der Waals surface area contributed by atoms with Crippen molar-refractivity contribution in [1.29, 1.82) is 0 Å². The van der Waals surface area contributed by atoms with Crippen molar-refractivity contribution in [1.82, 2.24) is 9.88 Å². The van der Waals surface area contributed by atoms with Gasteiger partial charge in [0.05, 0.1) is 16.0 Å². The van der Waals surface area contributed by atoms with Crippen molar-refractivity contribution in [3.05, 3.63) is 52.0 Å². The minimum Gasteiger partial charge on any atom is -0.336 e. The molecule has 1 amide bonds. The quantitative estimate of drug-likeness (QED) is 0.819. The molecule has 0 aliphatic carbocycles. The summed E-state index contributed by atoms with van der Waals surface area (Å²) in [5.74, 6) is -0.328. The molecular weight excluding hydrogens is 394 g/mol. The lowest BCUT2D eigenvalue weighted by atomic mass is 10.0. The van der Waals surface area contributed by atoms with Crippen LogP contribution in [0.25, 0.3) is 0 Å². The Morgan fingerprint density at radius 1 is 1.27 bits per heavy atom. The average Bonchev–Trinajstić information content (AvgIpc) is 3.26. The zero-order chi connectivity index (χ0) is 17.6. The van der Waals surface area contributed by atoms with E-state index in [1.54, 1.807) is 10.3 Å². The van der Waals surface area contributed by atoms with Crippen LogP contribution in [0.15, 0.2) is 35.7 Å². The molecule has 2 fully saturated rings. The first kappa shape index (κ1) is 19.3. The molecule has 0 radical (unpaired) electrons. The Balaban J connectivity index is 0.00000196. The second kappa shape index (κ2) is 7.26. The van der Waals surface area contributed by atoms with Gasteiger partial charge in [0.2, 0.25) is 0 Å². The lowest BCUT2D eigenvalue weighted by molar-refractivity contribution is 0.0780. The highest BCUT2D eigenvalue weighted by Gasteiger charge is 2.51. The molecule has 1 aromatic carbocycles. The lowest BCUT2D eigenvalue weighted by Gasteiger charge is -2.17. The number of sulfone groups is 1. The van der Waals surface area contributed by atoms with Crippen LogP contribution in [0.2, 0.25) is 0 Å². The van der Waals surface area contributed by atoms with Crippen LogP contribution in [0, 0.1) is 5.92 Å². The van der Waals surface area contributed by atoms with Gasteiger partial charge in [-0.15, -0.1) is 23.7 Å². The fourth-order valence-electron chi connectivity index (χ4n) is 3.69. The molecule has 2 aliphatic rings. The number of likely N-dealkylation sites (tertiary alicyclic amines) is 1. The molecule has 9 heteroatoms. The first-order chi connectivity index (χ1) is 11.9. The van der Waals surface area contributed by atoms with Crippen molar-refractivity contribution in [3.8, 4) is 0 Å². The predicted molar refractivity (Wildman–Crippen MR) is 104 cm³/mol. The summed E-state index contributed by atoms with van der Waals surface area (Å²) in [7, 11) is -3.19. The van der Waals surface area contributed by atoms with E-state index in [4.69, 9.17) is 5.73 Å². The molecule has 4 rings (SSSR count). The summed E-state index contributed by atoms with van der Waals surface area (Å²) < 4.78 is 24.3. The van der Waals surface area contributed by atoms with E-state index in [2.05, 4.69) is 4.98 Å². The SMILES string of the molecule is Cl.N[C@@H]1CS(=O)(=O)[C@H]2CN(C(=O)c3csc(Cc4ccccc4)n3)C[C@@H]12. The molecule has 3 heterocycles. The fourth-order valence-corrected chi connectivity index (χ4v) is 6.75. The Morgan fingerprint density at radius 2 is 2.00 bits per heavy atom. The Morgan fingerprint density at radius 3 is 2.69 bits per heavy atom. The molecule has 1 aromatic heterocycles. The number of aromatic nitrogens is 1. The van der Waals surface area contributed by atoms with Gasteiger partial charge >= 0.3 is 0 Å². The van der Waals surface area contributed by atoms with Gasteiger partial charge in [0.25, 0.3) is 5.91 Å². The molecule has 2 saturated heterocycles. The number of thiazole rings is 1. The van der Waals surface area contributed by atoms with Crippen LogP contribution in [-0.4, -0.2) is 54.3 Å². The third kappa shape index (κ3) is 3.51. The number of amides is 1. The van der Waals surface area contributed by atoms with E-state index < -0.39 is 15.1 Å². The molecule has 2 aliphatic heterocycles. The minimum atomic E-state index is -3.19. The smallest absolute Gasteiger partial charge is 0.273 e. The van der Waals surface area contributed by atoms with Crippen LogP contribution in [-0.2, 0) is 16.3 Å². The Kier molecular flexibility index (Phi) is 5.39. The zero-order valence-electron chi connectivity index (χ0n) is 13.9. The molecule has 0 unspecified atom stereocenters. The normalized spacial score (nSPS) is 26.3. The molecule has 6 nitrogen and oxygen atoms in total. The molecule has 0 spiro atoms. The monoisotopic (exact) mass is 413 g/mol. The molecule has 26 heavy (non-hydrogen) atoms. The Bertz CT molecular complexity index is 901. The van der Waals surface area contributed by atoms with Gasteiger partial charge in [-0.3, -0.25) is 4.79 Å². The second-order valence-electron chi connectivity index (χ2n) is 6.69. The number of nitrogens with two attached hydrogens (primary N) is 1. The second-order valence-corrected chi connectivity index (χ2v) is 9.90. The maximum Gasteiger partial charge on any atom is 0.273 e. The number of halogens is 1. The van der Waals surface area contributed by atoms with Crippen molar-refractivity contribution < 1.29 is 13.2 Å². The van der Waals surface area contributed by atoms with E-state index in [0.717, 1.165) is 10.6 Å². The molecule has 0 bridgehead atoms. The Hall–Kier alpha value is -1.48. The summed E-state index contributed by atoms with van der Waals surface area (Å²) in [6, 6.07) is 9.58. The average molecular weight is 414 g/mol. The van der Waals surface area contributed by atoms with E-state index >= 15 is 0 Å². The number of rotatable bonds is 3. The van der Waals surface area contributed by atoms with Crippen LogP contribution in [0.4, 0.5) is 0 Å². The van der Waals surface area contributed by atoms with Crippen molar-refractivity contribution in [2.75, 3.05) is 18.8 Å². The van der Waals surface area contributed by atoms with Crippen molar-refractivity contribution >= 4 is 39.5 Å². The maximum atomic E-state index is 12.7. The molecule has 140 valence electrons. The van der Waals surface area contributed by atoms with Crippen LogP contribution in [0.3, 0.4) is 0 Å². The third-order valence-corrected chi connectivity index (χ3v) is 8.12. The fraction of sp³-hybridized carbons (Fsp3) is 0.412. The number of nitrogens with zero attached hydrogens (tertiary/aromatic N) is 2. The molecule has 2 aromatic rings. The zero-order valence-corrected chi connectivity index (χ0v) is 16.4. The highest BCUT2D eigenvalue weighted by atomic mass is 35.5. The van der Waals surface area contributed by atoms with Gasteiger partial charge < -0.3 is 10.6 Å². The van der Waals surface area contributed by atoms with Crippen molar-refractivity contribution in [3.63, 3.8) is 0 Å². The Labute approximate surface area is 162 Å². The molecular formula is C17H20ClN3O3S2. The van der Waals surface area contributed by atoms with E-state index in [9.17, 15) is 13.2 Å². The highest BCUT2D eigenvalue weighted by Crippen LogP contribution is 2.33. The van der Waals surface area contributed by atoms with Crippen molar-refractivity contribution in [2.45, 2.75) is 17.7 Å². The minimum absolute atomic E-state index is 0. The number of carbonyl (C=O) groups excluding carboxylic acids is 1. The number of hydrogen-bond acceptors (Lipinski definition) is 6. The van der Waals surface area contributed by atoms with Gasteiger partial charge in [0.15, 0.2) is 9.84 Å². The highest BCUT2D eigenvalue weighted by molar-refractivity contribution is 7.92. The van der Waals surface area contributed by atoms with Crippen LogP contribution in [0.1, 0.15) is 21.1 Å². The first-order valence-corrected chi connectivity index (χ1v) is 10.8. The summed E-state index contributed by atoms with van der Waals surface area (Å²) in [5, 5.41) is 2.11. The summed E-state index contributed by atoms with van der Waals surface area (Å²) in [5.41, 5.74) is 7.49. The summed E-state index contributed by atoms with van der Waals surface area (Å²) in [4.78, 5) is 18.7. The van der Waals surface area contributed by atoms with Gasteiger partial charge in [-0.25, -0.2) is 13.4 Å². The summed E-state index contributed by atoms with van der Waals surface area (Å²) >= 11 is 1.45. The first-order valence-electron chi connectivity index (χ1n) is 8.19. The van der Waals surface area contributed by atoms with Gasteiger partial charge in [0, 0.05) is 36.9 Å². The summed E-state index contributed by atoms with van der Waals surface area (Å²) in [6.45, 7) is 0.626. The van der Waals surface area contributed by atoms with E-state index in [0.29, 0.717) is 18.7 Å². The van der Waals surface area contributed by atoms with Crippen molar-refractivity contribution in [2.24, 2.45) is 11.7 Å². The van der Waals surface area contributed by atoms with Crippen LogP contribution in [0.5, 0.6) is 0 Å².